The van der Waals surface area contributed by atoms with Gasteiger partial charge in [0.25, 0.3) is 0 Å². The number of piperidine rings is 1. The van der Waals surface area contributed by atoms with Crippen molar-refractivity contribution in [2.75, 3.05) is 19.6 Å². The third kappa shape index (κ3) is 3.58. The zero-order chi connectivity index (χ0) is 17.1. The minimum atomic E-state index is 0.0401. The molecule has 2 fully saturated rings. The second-order valence-corrected chi connectivity index (χ2v) is 7.05. The standard InChI is InChI=1S/C19H25N5O/c25-19(17-7-4-10-20-17)23-11-8-16(9-12-23)18-22-21-14-24(18)13-15-5-2-1-3-6-15/h1-3,5-6,14,16-17,20H,4,7-13H2. The molecule has 0 saturated carbocycles. The smallest absolute Gasteiger partial charge is 0.239 e. The maximum atomic E-state index is 12.5. The molecule has 1 atom stereocenters. The van der Waals surface area contributed by atoms with Crippen LogP contribution >= 0.6 is 0 Å². The molecule has 6 nitrogen and oxygen atoms in total. The lowest BCUT2D eigenvalue weighted by atomic mass is 9.95. The molecule has 25 heavy (non-hydrogen) atoms. The second-order valence-electron chi connectivity index (χ2n) is 7.05. The summed E-state index contributed by atoms with van der Waals surface area (Å²) in [6, 6.07) is 10.4. The number of hydrogen-bond acceptors (Lipinski definition) is 4. The fraction of sp³-hybridized carbons (Fsp3) is 0.526. The summed E-state index contributed by atoms with van der Waals surface area (Å²) in [5, 5.41) is 11.8. The first-order valence-corrected chi connectivity index (χ1v) is 9.25. The first-order chi connectivity index (χ1) is 12.3. The molecule has 2 aromatic rings. The van der Waals surface area contributed by atoms with E-state index in [0.717, 1.165) is 57.7 Å². The Hall–Kier alpha value is -2.21. The van der Waals surface area contributed by atoms with Gasteiger partial charge in [-0.05, 0) is 37.8 Å². The SMILES string of the molecule is O=C(C1CCCN1)N1CCC(c2nncn2Cc2ccccc2)CC1. The van der Waals surface area contributed by atoms with Crippen molar-refractivity contribution in [3.8, 4) is 0 Å². The van der Waals surface area contributed by atoms with E-state index in [0.29, 0.717) is 5.92 Å². The highest BCUT2D eigenvalue weighted by Crippen LogP contribution is 2.27. The molecule has 1 unspecified atom stereocenters. The second kappa shape index (κ2) is 7.35. The van der Waals surface area contributed by atoms with Crippen LogP contribution in [0.3, 0.4) is 0 Å². The molecule has 0 bridgehead atoms. The van der Waals surface area contributed by atoms with Crippen LogP contribution in [0.4, 0.5) is 0 Å². The van der Waals surface area contributed by atoms with Gasteiger partial charge in [-0.3, -0.25) is 4.79 Å². The van der Waals surface area contributed by atoms with Crippen LogP contribution in [0.1, 0.15) is 43.0 Å². The number of rotatable bonds is 4. The van der Waals surface area contributed by atoms with Crippen molar-refractivity contribution in [2.24, 2.45) is 0 Å². The summed E-state index contributed by atoms with van der Waals surface area (Å²) in [6.45, 7) is 3.41. The molecular weight excluding hydrogens is 314 g/mol. The Morgan fingerprint density at radius 2 is 1.96 bits per heavy atom. The maximum Gasteiger partial charge on any atom is 0.239 e. The van der Waals surface area contributed by atoms with Crippen molar-refractivity contribution in [2.45, 2.75) is 44.2 Å². The molecular formula is C19H25N5O. The Balaban J connectivity index is 1.38. The van der Waals surface area contributed by atoms with E-state index >= 15 is 0 Å². The molecule has 2 saturated heterocycles. The molecule has 3 heterocycles. The van der Waals surface area contributed by atoms with Crippen LogP contribution in [0.2, 0.25) is 0 Å². The maximum absolute atomic E-state index is 12.5. The van der Waals surface area contributed by atoms with Gasteiger partial charge in [0.05, 0.1) is 12.6 Å². The lowest BCUT2D eigenvalue weighted by Crippen LogP contribution is -2.46. The minimum Gasteiger partial charge on any atom is -0.341 e. The highest BCUT2D eigenvalue weighted by molar-refractivity contribution is 5.82. The molecule has 6 heteroatoms. The Morgan fingerprint density at radius 1 is 1.16 bits per heavy atom. The Morgan fingerprint density at radius 3 is 2.68 bits per heavy atom. The molecule has 2 aliphatic rings. The lowest BCUT2D eigenvalue weighted by Gasteiger charge is -2.33. The average Bonchev–Trinajstić information content (AvgIpc) is 3.34. The van der Waals surface area contributed by atoms with Crippen molar-refractivity contribution < 1.29 is 4.79 Å². The topological polar surface area (TPSA) is 63.1 Å². The number of nitrogens with zero attached hydrogens (tertiary/aromatic N) is 4. The summed E-state index contributed by atoms with van der Waals surface area (Å²) in [6.07, 6.45) is 5.83. The number of aromatic nitrogens is 3. The van der Waals surface area contributed by atoms with E-state index in [-0.39, 0.29) is 11.9 Å². The van der Waals surface area contributed by atoms with Gasteiger partial charge in [0.1, 0.15) is 12.2 Å². The molecule has 0 spiro atoms. The van der Waals surface area contributed by atoms with Crippen molar-refractivity contribution >= 4 is 5.91 Å². The summed E-state index contributed by atoms with van der Waals surface area (Å²) in [5.41, 5.74) is 1.25. The summed E-state index contributed by atoms with van der Waals surface area (Å²) in [7, 11) is 0. The summed E-state index contributed by atoms with van der Waals surface area (Å²) in [4.78, 5) is 14.6. The number of carbonyl (C=O) groups is 1. The van der Waals surface area contributed by atoms with Gasteiger partial charge in [-0.15, -0.1) is 10.2 Å². The number of hydrogen-bond donors (Lipinski definition) is 1. The van der Waals surface area contributed by atoms with Crippen LogP contribution in [-0.2, 0) is 11.3 Å². The van der Waals surface area contributed by atoms with Crippen LogP contribution in [0.5, 0.6) is 0 Å². The lowest BCUT2D eigenvalue weighted by molar-refractivity contribution is -0.134. The zero-order valence-electron chi connectivity index (χ0n) is 14.5. The number of amides is 1. The van der Waals surface area contributed by atoms with Crippen LogP contribution < -0.4 is 5.32 Å². The van der Waals surface area contributed by atoms with Crippen molar-refractivity contribution in [3.63, 3.8) is 0 Å². The highest BCUT2D eigenvalue weighted by Gasteiger charge is 2.31. The van der Waals surface area contributed by atoms with Crippen LogP contribution in [0.25, 0.3) is 0 Å². The number of benzene rings is 1. The number of carbonyl (C=O) groups excluding carboxylic acids is 1. The van der Waals surface area contributed by atoms with Crippen LogP contribution in [0, 0.1) is 0 Å². The fourth-order valence-corrected chi connectivity index (χ4v) is 3.96. The minimum absolute atomic E-state index is 0.0401. The quantitative estimate of drug-likeness (QED) is 0.922. The largest absolute Gasteiger partial charge is 0.341 e. The first-order valence-electron chi connectivity index (χ1n) is 9.25. The average molecular weight is 339 g/mol. The molecule has 1 aromatic carbocycles. The van der Waals surface area contributed by atoms with E-state index in [4.69, 9.17) is 0 Å². The summed E-state index contributed by atoms with van der Waals surface area (Å²) < 4.78 is 2.15. The predicted molar refractivity (Wildman–Crippen MR) is 95.1 cm³/mol. The van der Waals surface area contributed by atoms with E-state index in [1.165, 1.54) is 5.56 Å². The van der Waals surface area contributed by atoms with Gasteiger partial charge in [0.15, 0.2) is 0 Å². The van der Waals surface area contributed by atoms with Gasteiger partial charge in [0.2, 0.25) is 5.91 Å². The van der Waals surface area contributed by atoms with Crippen molar-refractivity contribution in [1.82, 2.24) is 25.0 Å². The first kappa shape index (κ1) is 16.3. The van der Waals surface area contributed by atoms with Crippen LogP contribution in [0.15, 0.2) is 36.7 Å². The molecule has 2 aliphatic heterocycles. The Labute approximate surface area is 148 Å². The van der Waals surface area contributed by atoms with E-state index < -0.39 is 0 Å². The Bertz CT molecular complexity index is 700. The molecule has 1 aromatic heterocycles. The molecule has 1 N–H and O–H groups in total. The summed E-state index contributed by atoms with van der Waals surface area (Å²) in [5.74, 6) is 1.71. The monoisotopic (exact) mass is 339 g/mol. The van der Waals surface area contributed by atoms with E-state index in [1.807, 2.05) is 17.3 Å². The fourth-order valence-electron chi connectivity index (χ4n) is 3.96. The Kier molecular flexibility index (Phi) is 4.78. The third-order valence-corrected chi connectivity index (χ3v) is 5.37. The molecule has 1 amide bonds. The van der Waals surface area contributed by atoms with Crippen molar-refractivity contribution in [1.29, 1.82) is 0 Å². The highest BCUT2D eigenvalue weighted by atomic mass is 16.2. The van der Waals surface area contributed by atoms with Gasteiger partial charge >= 0.3 is 0 Å². The predicted octanol–water partition coefficient (Wildman–Crippen LogP) is 1.78. The van der Waals surface area contributed by atoms with E-state index in [2.05, 4.69) is 44.3 Å². The van der Waals surface area contributed by atoms with Gasteiger partial charge in [-0.1, -0.05) is 30.3 Å². The molecule has 132 valence electrons. The van der Waals surface area contributed by atoms with Crippen LogP contribution in [-0.4, -0.2) is 51.2 Å². The van der Waals surface area contributed by atoms with Gasteiger partial charge in [-0.25, -0.2) is 0 Å². The van der Waals surface area contributed by atoms with E-state index in [9.17, 15) is 4.79 Å². The van der Waals surface area contributed by atoms with Gasteiger partial charge in [0, 0.05) is 19.0 Å². The molecule has 4 rings (SSSR count). The number of likely N-dealkylation sites (tertiary alicyclic amines) is 1. The van der Waals surface area contributed by atoms with Gasteiger partial charge < -0.3 is 14.8 Å². The molecule has 0 aliphatic carbocycles. The van der Waals surface area contributed by atoms with E-state index in [1.54, 1.807) is 0 Å². The number of nitrogens with one attached hydrogen (secondary N) is 1. The van der Waals surface area contributed by atoms with Crippen molar-refractivity contribution in [3.05, 3.63) is 48.0 Å². The summed E-state index contributed by atoms with van der Waals surface area (Å²) >= 11 is 0. The van der Waals surface area contributed by atoms with Gasteiger partial charge in [-0.2, -0.15) is 0 Å². The normalized spacial score (nSPS) is 21.6. The molecule has 0 radical (unpaired) electrons. The zero-order valence-corrected chi connectivity index (χ0v) is 14.5. The third-order valence-electron chi connectivity index (χ3n) is 5.37.